The smallest absolute Gasteiger partial charge is 0.409 e. The molecule has 0 N–H and O–H groups in total. The number of pyridine rings is 1. The van der Waals surface area contributed by atoms with Crippen molar-refractivity contribution in [3.8, 4) is 0 Å². The summed E-state index contributed by atoms with van der Waals surface area (Å²) in [6.45, 7) is 5.88. The third-order valence-corrected chi connectivity index (χ3v) is 7.00. The Bertz CT molecular complexity index is 803. The van der Waals surface area contributed by atoms with Gasteiger partial charge in [0.1, 0.15) is 4.90 Å². The van der Waals surface area contributed by atoms with Gasteiger partial charge in [-0.2, -0.15) is 4.31 Å². The molecule has 2 saturated heterocycles. The van der Waals surface area contributed by atoms with Gasteiger partial charge < -0.3 is 14.5 Å². The molecule has 160 valence electrons. The van der Waals surface area contributed by atoms with Gasteiger partial charge >= 0.3 is 6.09 Å². The lowest BCUT2D eigenvalue weighted by molar-refractivity contribution is -0.134. The highest BCUT2D eigenvalue weighted by Gasteiger charge is 2.31. The summed E-state index contributed by atoms with van der Waals surface area (Å²) in [6, 6.07) is 3.14. The summed E-state index contributed by atoms with van der Waals surface area (Å²) in [7, 11) is -3.55. The average Bonchev–Trinajstić information content (AvgIpc) is 2.75. The number of sulfonamides is 1. The quantitative estimate of drug-likeness (QED) is 0.637. The fraction of sp³-hybridized carbons (Fsp3) is 0.611. The molecule has 1 aromatic heterocycles. The third kappa shape index (κ3) is 5.22. The summed E-state index contributed by atoms with van der Waals surface area (Å²) < 4.78 is 31.7. The minimum absolute atomic E-state index is 0.00271. The maximum absolute atomic E-state index is 12.6. The van der Waals surface area contributed by atoms with Crippen molar-refractivity contribution in [3.05, 3.63) is 24.5 Å². The maximum atomic E-state index is 12.6. The Morgan fingerprint density at radius 2 is 1.69 bits per heavy atom. The van der Waals surface area contributed by atoms with Gasteiger partial charge in [-0.15, -0.1) is 0 Å². The van der Waals surface area contributed by atoms with Crippen LogP contribution >= 0.6 is 0 Å². The first-order valence-corrected chi connectivity index (χ1v) is 11.2. The second-order valence-corrected chi connectivity index (χ2v) is 8.87. The van der Waals surface area contributed by atoms with Crippen molar-refractivity contribution in [2.45, 2.75) is 11.8 Å². The Morgan fingerprint density at radius 3 is 2.28 bits per heavy atom. The number of hydrogen-bond donors (Lipinski definition) is 0. The first-order chi connectivity index (χ1) is 13.9. The number of ether oxygens (including phenoxy) is 1. The minimum atomic E-state index is -3.55. The van der Waals surface area contributed by atoms with Crippen LogP contribution < -0.4 is 0 Å². The highest BCUT2D eigenvalue weighted by atomic mass is 32.2. The molecule has 2 aliphatic heterocycles. The van der Waals surface area contributed by atoms with Crippen molar-refractivity contribution >= 4 is 22.0 Å². The molecule has 2 amide bonds. The van der Waals surface area contributed by atoms with Gasteiger partial charge in [-0.1, -0.05) is 0 Å². The molecule has 11 heteroatoms. The summed E-state index contributed by atoms with van der Waals surface area (Å²) in [4.78, 5) is 33.7. The van der Waals surface area contributed by atoms with Gasteiger partial charge in [-0.3, -0.25) is 14.7 Å². The fourth-order valence-electron chi connectivity index (χ4n) is 3.42. The van der Waals surface area contributed by atoms with Crippen LogP contribution in [0, 0.1) is 0 Å². The summed E-state index contributed by atoms with van der Waals surface area (Å²) in [5.74, 6) is -0.00271. The molecular formula is C18H27N5O5S. The highest BCUT2D eigenvalue weighted by molar-refractivity contribution is 7.89. The van der Waals surface area contributed by atoms with Crippen LogP contribution in [0.25, 0.3) is 0 Å². The van der Waals surface area contributed by atoms with Crippen molar-refractivity contribution in [2.24, 2.45) is 0 Å². The van der Waals surface area contributed by atoms with Gasteiger partial charge in [0.2, 0.25) is 15.9 Å². The highest BCUT2D eigenvalue weighted by Crippen LogP contribution is 2.16. The molecule has 0 saturated carbocycles. The van der Waals surface area contributed by atoms with Gasteiger partial charge in [0.15, 0.2) is 0 Å². The molecule has 0 radical (unpaired) electrons. The molecule has 0 bridgehead atoms. The monoisotopic (exact) mass is 425 g/mol. The predicted octanol–water partition coefficient (Wildman–Crippen LogP) is -0.311. The van der Waals surface area contributed by atoms with Crippen LogP contribution in [0.15, 0.2) is 29.4 Å². The second-order valence-electron chi connectivity index (χ2n) is 6.94. The molecule has 0 atom stereocenters. The third-order valence-electron chi connectivity index (χ3n) is 5.12. The molecule has 3 rings (SSSR count). The molecule has 0 unspecified atom stereocenters. The summed E-state index contributed by atoms with van der Waals surface area (Å²) in [6.07, 6.45) is 2.54. The van der Waals surface area contributed by atoms with E-state index in [1.165, 1.54) is 22.8 Å². The number of rotatable bonds is 5. The van der Waals surface area contributed by atoms with Gasteiger partial charge in [0.05, 0.1) is 13.2 Å². The fourth-order valence-corrected chi connectivity index (χ4v) is 4.81. The molecule has 1 aromatic rings. The van der Waals surface area contributed by atoms with E-state index in [2.05, 4.69) is 4.98 Å². The van der Waals surface area contributed by atoms with E-state index in [-0.39, 0.29) is 23.4 Å². The van der Waals surface area contributed by atoms with E-state index in [0.29, 0.717) is 59.0 Å². The zero-order valence-electron chi connectivity index (χ0n) is 16.6. The van der Waals surface area contributed by atoms with Crippen molar-refractivity contribution in [3.63, 3.8) is 0 Å². The Kier molecular flexibility index (Phi) is 7.04. The molecule has 2 fully saturated rings. The Labute approximate surface area is 171 Å². The molecule has 0 aliphatic carbocycles. The molecule has 3 heterocycles. The number of amides is 2. The topological polar surface area (TPSA) is 103 Å². The minimum Gasteiger partial charge on any atom is -0.450 e. The van der Waals surface area contributed by atoms with Crippen LogP contribution in [0.4, 0.5) is 4.79 Å². The van der Waals surface area contributed by atoms with Crippen molar-refractivity contribution < 1.29 is 22.7 Å². The lowest BCUT2D eigenvalue weighted by Gasteiger charge is -2.37. The van der Waals surface area contributed by atoms with Gasteiger partial charge in [-0.05, 0) is 19.1 Å². The molecule has 10 nitrogen and oxygen atoms in total. The molecular weight excluding hydrogens is 398 g/mol. The maximum Gasteiger partial charge on any atom is 0.409 e. The second kappa shape index (κ2) is 9.51. The van der Waals surface area contributed by atoms with E-state index < -0.39 is 10.0 Å². The molecule has 2 aliphatic rings. The first kappa shape index (κ1) is 21.5. The first-order valence-electron chi connectivity index (χ1n) is 9.74. The van der Waals surface area contributed by atoms with Crippen LogP contribution in [-0.2, 0) is 19.6 Å². The standard InChI is InChI=1S/C18H27N5O5S/c1-2-28-18(25)22-10-8-21(9-11-22)17(24)15-20-6-12-23(13-7-20)29(26,27)16-4-3-5-19-14-16/h3-5,14H,2,6-13,15H2,1H3. The van der Waals surface area contributed by atoms with Gasteiger partial charge in [0.25, 0.3) is 0 Å². The average molecular weight is 426 g/mol. The predicted molar refractivity (Wildman–Crippen MR) is 105 cm³/mol. The molecule has 29 heavy (non-hydrogen) atoms. The largest absolute Gasteiger partial charge is 0.450 e. The Hall–Kier alpha value is -2.24. The molecule has 0 spiro atoms. The zero-order valence-corrected chi connectivity index (χ0v) is 17.4. The van der Waals surface area contributed by atoms with Crippen molar-refractivity contribution in [2.75, 3.05) is 65.5 Å². The van der Waals surface area contributed by atoms with Crippen LogP contribution in [0.3, 0.4) is 0 Å². The summed E-state index contributed by atoms with van der Waals surface area (Å²) in [5, 5.41) is 0. The van der Waals surface area contributed by atoms with E-state index in [4.69, 9.17) is 4.74 Å². The van der Waals surface area contributed by atoms with E-state index in [1.807, 2.05) is 4.90 Å². The van der Waals surface area contributed by atoms with Crippen LogP contribution in [-0.4, -0.2) is 110 Å². The molecule has 0 aromatic carbocycles. The van der Waals surface area contributed by atoms with Crippen LogP contribution in [0.1, 0.15) is 6.92 Å². The van der Waals surface area contributed by atoms with E-state index in [1.54, 1.807) is 22.8 Å². The summed E-state index contributed by atoms with van der Waals surface area (Å²) >= 11 is 0. The zero-order chi connectivity index (χ0) is 20.9. The Balaban J connectivity index is 1.45. The normalized spacial score (nSPS) is 19.2. The lowest BCUT2D eigenvalue weighted by Crippen LogP contribution is -2.55. The summed E-state index contributed by atoms with van der Waals surface area (Å²) in [5.41, 5.74) is 0. The van der Waals surface area contributed by atoms with Crippen LogP contribution in [0.5, 0.6) is 0 Å². The van der Waals surface area contributed by atoms with Crippen molar-refractivity contribution in [1.29, 1.82) is 0 Å². The number of hydrogen-bond acceptors (Lipinski definition) is 7. The van der Waals surface area contributed by atoms with E-state index in [9.17, 15) is 18.0 Å². The van der Waals surface area contributed by atoms with Gasteiger partial charge in [-0.25, -0.2) is 13.2 Å². The van der Waals surface area contributed by atoms with E-state index in [0.717, 1.165) is 0 Å². The van der Waals surface area contributed by atoms with Crippen molar-refractivity contribution in [1.82, 2.24) is 24.0 Å². The SMILES string of the molecule is CCOC(=O)N1CCN(C(=O)CN2CCN(S(=O)(=O)c3cccnc3)CC2)CC1. The Morgan fingerprint density at radius 1 is 1.03 bits per heavy atom. The number of carbonyl (C=O) groups excluding carboxylic acids is 2. The van der Waals surface area contributed by atoms with Crippen LogP contribution in [0.2, 0.25) is 0 Å². The number of aromatic nitrogens is 1. The lowest BCUT2D eigenvalue weighted by atomic mass is 10.3. The number of piperazine rings is 2. The van der Waals surface area contributed by atoms with Gasteiger partial charge in [0, 0.05) is 64.8 Å². The number of carbonyl (C=O) groups is 2. The number of nitrogens with zero attached hydrogens (tertiary/aromatic N) is 5. The van der Waals surface area contributed by atoms with E-state index >= 15 is 0 Å².